The fourth-order valence-corrected chi connectivity index (χ4v) is 4.33. The number of nitrogens with zero attached hydrogens (tertiary/aromatic N) is 2. The van der Waals surface area contributed by atoms with E-state index in [-0.39, 0.29) is 28.5 Å². The van der Waals surface area contributed by atoms with Crippen molar-refractivity contribution < 1.29 is 13.2 Å². The molecule has 2 N–H and O–H groups in total. The van der Waals surface area contributed by atoms with Crippen LogP contribution in [0.4, 0.5) is 0 Å². The Hall–Kier alpha value is -3.14. The number of pyridine rings is 2. The molecule has 0 atom stereocenters. The highest BCUT2D eigenvalue weighted by Crippen LogP contribution is 2.36. The van der Waals surface area contributed by atoms with E-state index in [1.165, 1.54) is 12.4 Å². The van der Waals surface area contributed by atoms with Crippen molar-refractivity contribution in [2.24, 2.45) is 0 Å². The monoisotopic (exact) mass is 490 g/mol. The van der Waals surface area contributed by atoms with Crippen LogP contribution < -0.4 is 10.3 Å². The van der Waals surface area contributed by atoms with Gasteiger partial charge in [0.2, 0.25) is 10.0 Å². The van der Waals surface area contributed by atoms with Crippen LogP contribution in [0.25, 0.3) is 22.0 Å². The van der Waals surface area contributed by atoms with Crippen molar-refractivity contribution in [3.05, 3.63) is 86.6 Å². The molecule has 0 aliphatic heterocycles. The highest BCUT2D eigenvalue weighted by atomic mass is 35.5. The standard InChI is InChI=1S/C21H16Cl2N4O4S/c1-32(30,31)26-21(29)18-17(14-5-3-9-25-20(14)28)15-10-13(22)6-7-16(15)27(18)11-12-4-2-8-24-19(12)23/h2-10H,11H2,1H3,(H,25,28)(H,26,29). The minimum absolute atomic E-state index is 0.0238. The van der Waals surface area contributed by atoms with Crippen LogP contribution in [0.15, 0.2) is 59.7 Å². The molecule has 0 aliphatic carbocycles. The first kappa shape index (κ1) is 22.1. The number of carbonyl (C=O) groups excluding carboxylic acids is 1. The molecule has 0 fully saturated rings. The molecule has 0 saturated carbocycles. The third-order valence-corrected chi connectivity index (χ3v) is 5.90. The number of halogens is 2. The number of aromatic amines is 1. The predicted molar refractivity (Wildman–Crippen MR) is 124 cm³/mol. The van der Waals surface area contributed by atoms with Crippen LogP contribution in [0.1, 0.15) is 16.1 Å². The second-order valence-electron chi connectivity index (χ2n) is 7.04. The van der Waals surface area contributed by atoms with Gasteiger partial charge in [0.15, 0.2) is 0 Å². The molecule has 164 valence electrons. The number of H-pyrrole nitrogens is 1. The topological polar surface area (TPSA) is 114 Å². The smallest absolute Gasteiger partial charge is 0.282 e. The molecule has 0 spiro atoms. The number of sulfonamides is 1. The van der Waals surface area contributed by atoms with E-state index >= 15 is 0 Å². The van der Waals surface area contributed by atoms with Crippen molar-refractivity contribution >= 4 is 50.0 Å². The first-order valence-electron chi connectivity index (χ1n) is 9.27. The van der Waals surface area contributed by atoms with E-state index < -0.39 is 21.5 Å². The summed E-state index contributed by atoms with van der Waals surface area (Å²) in [7, 11) is -3.89. The van der Waals surface area contributed by atoms with Gasteiger partial charge in [-0.05, 0) is 36.4 Å². The van der Waals surface area contributed by atoms with Crippen LogP contribution in [0.3, 0.4) is 0 Å². The number of benzene rings is 1. The van der Waals surface area contributed by atoms with Crippen LogP contribution in [0, 0.1) is 0 Å². The predicted octanol–water partition coefficient (Wildman–Crippen LogP) is 3.44. The summed E-state index contributed by atoms with van der Waals surface area (Å²) in [4.78, 5) is 32.5. The Bertz CT molecular complexity index is 1530. The summed E-state index contributed by atoms with van der Waals surface area (Å²) >= 11 is 12.5. The van der Waals surface area contributed by atoms with E-state index in [0.29, 0.717) is 21.5 Å². The molecule has 11 heteroatoms. The van der Waals surface area contributed by atoms with Gasteiger partial charge in [-0.25, -0.2) is 18.1 Å². The second kappa shape index (κ2) is 8.42. The molecule has 4 rings (SSSR count). The lowest BCUT2D eigenvalue weighted by atomic mass is 10.0. The number of hydrogen-bond donors (Lipinski definition) is 2. The minimum atomic E-state index is -3.89. The maximum absolute atomic E-state index is 13.2. The molecule has 0 aliphatic rings. The normalized spacial score (nSPS) is 11.6. The molecule has 8 nitrogen and oxygen atoms in total. The molecular formula is C21H16Cl2N4O4S. The number of aromatic nitrogens is 3. The van der Waals surface area contributed by atoms with Crippen molar-refractivity contribution in [1.82, 2.24) is 19.3 Å². The Morgan fingerprint density at radius 3 is 2.66 bits per heavy atom. The zero-order valence-electron chi connectivity index (χ0n) is 16.6. The van der Waals surface area contributed by atoms with Gasteiger partial charge >= 0.3 is 0 Å². The first-order chi connectivity index (χ1) is 15.2. The lowest BCUT2D eigenvalue weighted by molar-refractivity contribution is 0.0974. The minimum Gasteiger partial charge on any atom is -0.331 e. The highest BCUT2D eigenvalue weighted by molar-refractivity contribution is 7.89. The first-order valence-corrected chi connectivity index (χ1v) is 11.9. The lowest BCUT2D eigenvalue weighted by Crippen LogP contribution is -2.32. The fraction of sp³-hybridized carbons (Fsp3) is 0.0952. The Labute approximate surface area is 192 Å². The Balaban J connectivity index is 2.10. The van der Waals surface area contributed by atoms with Gasteiger partial charge in [-0.15, -0.1) is 0 Å². The number of rotatable bonds is 5. The molecule has 1 aromatic carbocycles. The Morgan fingerprint density at radius 2 is 1.97 bits per heavy atom. The van der Waals surface area contributed by atoms with Gasteiger partial charge in [-0.2, -0.15) is 0 Å². The molecule has 0 radical (unpaired) electrons. The molecule has 0 unspecified atom stereocenters. The van der Waals surface area contributed by atoms with E-state index in [2.05, 4.69) is 9.97 Å². The molecule has 0 saturated heterocycles. The highest BCUT2D eigenvalue weighted by Gasteiger charge is 2.27. The van der Waals surface area contributed by atoms with Crippen molar-refractivity contribution in [2.75, 3.05) is 6.26 Å². The molecule has 3 aromatic heterocycles. The fourth-order valence-electron chi connectivity index (χ4n) is 3.54. The summed E-state index contributed by atoms with van der Waals surface area (Å²) in [6.45, 7) is 0.0993. The molecule has 32 heavy (non-hydrogen) atoms. The van der Waals surface area contributed by atoms with Gasteiger partial charge in [0.05, 0.1) is 12.8 Å². The zero-order valence-corrected chi connectivity index (χ0v) is 18.9. The maximum Gasteiger partial charge on any atom is 0.282 e. The van der Waals surface area contributed by atoms with E-state index in [4.69, 9.17) is 23.2 Å². The molecule has 4 aromatic rings. The van der Waals surface area contributed by atoms with Crippen LogP contribution >= 0.6 is 23.2 Å². The third-order valence-electron chi connectivity index (χ3n) is 4.77. The molecular weight excluding hydrogens is 475 g/mol. The average Bonchev–Trinajstić information content (AvgIpc) is 3.02. The van der Waals surface area contributed by atoms with Gasteiger partial charge in [-0.1, -0.05) is 29.3 Å². The van der Waals surface area contributed by atoms with Crippen molar-refractivity contribution in [2.45, 2.75) is 6.54 Å². The summed E-state index contributed by atoms with van der Waals surface area (Å²) in [5.74, 6) is -0.891. The molecule has 3 heterocycles. The van der Waals surface area contributed by atoms with Crippen LogP contribution in [-0.2, 0) is 16.6 Å². The van der Waals surface area contributed by atoms with Crippen molar-refractivity contribution in [3.8, 4) is 11.1 Å². The van der Waals surface area contributed by atoms with Gasteiger partial charge in [0.25, 0.3) is 11.5 Å². The van der Waals surface area contributed by atoms with Gasteiger partial charge in [0.1, 0.15) is 10.8 Å². The quantitative estimate of drug-likeness (QED) is 0.416. The summed E-state index contributed by atoms with van der Waals surface area (Å²) in [5.41, 5.74) is 1.14. The van der Waals surface area contributed by atoms with E-state index in [9.17, 15) is 18.0 Å². The Morgan fingerprint density at radius 1 is 1.19 bits per heavy atom. The second-order valence-corrected chi connectivity index (χ2v) is 9.58. The largest absolute Gasteiger partial charge is 0.331 e. The summed E-state index contributed by atoms with van der Waals surface area (Å²) < 4.78 is 27.3. The third kappa shape index (κ3) is 4.27. The van der Waals surface area contributed by atoms with Gasteiger partial charge < -0.3 is 9.55 Å². The summed E-state index contributed by atoms with van der Waals surface area (Å²) in [6.07, 6.45) is 3.87. The van der Waals surface area contributed by atoms with E-state index in [1.54, 1.807) is 47.0 Å². The van der Waals surface area contributed by atoms with Gasteiger partial charge in [0, 0.05) is 45.0 Å². The van der Waals surface area contributed by atoms with Crippen molar-refractivity contribution in [1.29, 1.82) is 0 Å². The number of hydrogen-bond acceptors (Lipinski definition) is 5. The number of amides is 1. The number of fused-ring (bicyclic) bond motifs is 1. The zero-order chi connectivity index (χ0) is 23.0. The lowest BCUT2D eigenvalue weighted by Gasteiger charge is -2.13. The van der Waals surface area contributed by atoms with Crippen molar-refractivity contribution in [3.63, 3.8) is 0 Å². The van der Waals surface area contributed by atoms with E-state index in [1.807, 2.05) is 4.72 Å². The van der Waals surface area contributed by atoms with E-state index in [0.717, 1.165) is 6.26 Å². The average molecular weight is 491 g/mol. The number of nitrogens with one attached hydrogen (secondary N) is 2. The summed E-state index contributed by atoms with van der Waals surface area (Å²) in [5, 5.41) is 1.13. The Kier molecular flexibility index (Phi) is 5.81. The van der Waals surface area contributed by atoms with Crippen LogP contribution in [0.5, 0.6) is 0 Å². The molecule has 1 amide bonds. The van der Waals surface area contributed by atoms with Gasteiger partial charge in [-0.3, -0.25) is 9.59 Å². The van der Waals surface area contributed by atoms with Crippen LogP contribution in [-0.4, -0.2) is 35.1 Å². The summed E-state index contributed by atoms with van der Waals surface area (Å²) in [6, 6.07) is 11.6. The van der Waals surface area contributed by atoms with Crippen LogP contribution in [0.2, 0.25) is 10.2 Å². The molecule has 0 bridgehead atoms. The maximum atomic E-state index is 13.2. The number of carbonyl (C=O) groups is 1. The SMILES string of the molecule is CS(=O)(=O)NC(=O)c1c(-c2ccc[nH]c2=O)c2cc(Cl)ccc2n1Cc1cccnc1Cl.